The van der Waals surface area contributed by atoms with E-state index >= 15 is 0 Å². The summed E-state index contributed by atoms with van der Waals surface area (Å²) in [5.41, 5.74) is 0.104. The maximum atomic E-state index is 13.4. The van der Waals surface area contributed by atoms with E-state index in [2.05, 4.69) is 21.2 Å². The molecule has 0 aliphatic carbocycles. The van der Waals surface area contributed by atoms with Gasteiger partial charge in [0.2, 0.25) is 0 Å². The van der Waals surface area contributed by atoms with Gasteiger partial charge in [-0.15, -0.1) is 0 Å². The molecule has 0 heterocycles. The summed E-state index contributed by atoms with van der Waals surface area (Å²) in [4.78, 5) is 11.8. The second-order valence-corrected chi connectivity index (χ2v) is 4.87. The third kappa shape index (κ3) is 3.19. The van der Waals surface area contributed by atoms with Gasteiger partial charge in [-0.3, -0.25) is 4.79 Å². The minimum Gasteiger partial charge on any atom is -0.348 e. The number of carbonyl (C=O) groups excluding carboxylic acids is 1. The number of hydrogen-bond donors (Lipinski definition) is 1. The lowest BCUT2D eigenvalue weighted by atomic mass is 10.1. The number of benzene rings is 2. The van der Waals surface area contributed by atoms with Crippen molar-refractivity contribution >= 4 is 21.8 Å². The van der Waals surface area contributed by atoms with E-state index in [4.69, 9.17) is 0 Å². The topological polar surface area (TPSA) is 29.1 Å². The number of halogens is 4. The molecular formula is C14H9BrF3NO. The fourth-order valence-corrected chi connectivity index (χ4v) is 2.02. The summed E-state index contributed by atoms with van der Waals surface area (Å²) in [5, 5.41) is 2.41. The van der Waals surface area contributed by atoms with Crippen molar-refractivity contribution in [1.82, 2.24) is 5.32 Å². The van der Waals surface area contributed by atoms with Gasteiger partial charge < -0.3 is 5.32 Å². The van der Waals surface area contributed by atoms with Crippen LogP contribution < -0.4 is 5.32 Å². The van der Waals surface area contributed by atoms with Crippen molar-refractivity contribution in [2.45, 2.75) is 6.54 Å². The van der Waals surface area contributed by atoms with Crippen molar-refractivity contribution in [1.29, 1.82) is 0 Å². The molecule has 1 N–H and O–H groups in total. The average Bonchev–Trinajstić information content (AvgIpc) is 2.42. The molecule has 0 aliphatic heterocycles. The molecule has 0 fully saturated rings. The van der Waals surface area contributed by atoms with Crippen LogP contribution in [0.3, 0.4) is 0 Å². The second kappa shape index (κ2) is 6.09. The van der Waals surface area contributed by atoms with Crippen molar-refractivity contribution < 1.29 is 18.0 Å². The monoisotopic (exact) mass is 343 g/mol. The predicted molar refractivity (Wildman–Crippen MR) is 71.6 cm³/mol. The van der Waals surface area contributed by atoms with E-state index in [1.54, 1.807) is 0 Å². The molecular weight excluding hydrogens is 335 g/mol. The first-order valence-electron chi connectivity index (χ1n) is 5.65. The van der Waals surface area contributed by atoms with Crippen molar-refractivity contribution in [3.05, 3.63) is 69.4 Å². The fourth-order valence-electron chi connectivity index (χ4n) is 1.63. The summed E-state index contributed by atoms with van der Waals surface area (Å²) in [6.45, 7) is -0.00682. The van der Waals surface area contributed by atoms with Gasteiger partial charge in [-0.1, -0.05) is 22.0 Å². The van der Waals surface area contributed by atoms with Crippen LogP contribution in [0.25, 0.3) is 0 Å². The standard InChI is InChI=1S/C14H9BrF3NO/c15-11-5-4-9(16)6-8(11)7-19-14(20)10-2-1-3-12(17)13(10)18/h1-6H,7H2,(H,19,20). The van der Waals surface area contributed by atoms with Gasteiger partial charge in [-0.05, 0) is 35.9 Å². The van der Waals surface area contributed by atoms with Gasteiger partial charge in [0.25, 0.3) is 5.91 Å². The average molecular weight is 344 g/mol. The molecule has 0 bridgehead atoms. The third-order valence-corrected chi connectivity index (χ3v) is 3.42. The summed E-state index contributed by atoms with van der Waals surface area (Å²) < 4.78 is 40.1. The van der Waals surface area contributed by atoms with E-state index in [9.17, 15) is 18.0 Å². The van der Waals surface area contributed by atoms with E-state index in [1.165, 1.54) is 30.3 Å². The number of rotatable bonds is 3. The molecule has 0 unspecified atom stereocenters. The maximum Gasteiger partial charge on any atom is 0.254 e. The minimum atomic E-state index is -1.21. The number of amides is 1. The van der Waals surface area contributed by atoms with Crippen LogP contribution in [0.15, 0.2) is 40.9 Å². The molecule has 2 aromatic carbocycles. The van der Waals surface area contributed by atoms with Crippen LogP contribution >= 0.6 is 15.9 Å². The van der Waals surface area contributed by atoms with E-state index in [0.29, 0.717) is 10.0 Å². The Hall–Kier alpha value is -1.82. The SMILES string of the molecule is O=C(NCc1cc(F)ccc1Br)c1cccc(F)c1F. The Labute approximate surface area is 121 Å². The van der Waals surface area contributed by atoms with Crippen LogP contribution in [0.5, 0.6) is 0 Å². The molecule has 0 saturated carbocycles. The number of carbonyl (C=O) groups is 1. The van der Waals surface area contributed by atoms with Gasteiger partial charge >= 0.3 is 0 Å². The van der Waals surface area contributed by atoms with Crippen LogP contribution in [-0.4, -0.2) is 5.91 Å². The molecule has 0 radical (unpaired) electrons. The first-order chi connectivity index (χ1) is 9.49. The Morgan fingerprint density at radius 1 is 1.15 bits per heavy atom. The summed E-state index contributed by atoms with van der Waals surface area (Å²) in [6.07, 6.45) is 0. The normalized spacial score (nSPS) is 10.4. The summed E-state index contributed by atoms with van der Waals surface area (Å²) >= 11 is 3.21. The zero-order chi connectivity index (χ0) is 14.7. The molecule has 0 atom stereocenters. The molecule has 2 nitrogen and oxygen atoms in total. The smallest absolute Gasteiger partial charge is 0.254 e. The summed E-state index contributed by atoms with van der Waals surface area (Å²) in [5.74, 6) is -3.51. The zero-order valence-electron chi connectivity index (χ0n) is 10.1. The highest BCUT2D eigenvalue weighted by Crippen LogP contribution is 2.18. The Kier molecular flexibility index (Phi) is 4.44. The Bertz CT molecular complexity index is 661. The highest BCUT2D eigenvalue weighted by atomic mass is 79.9. The largest absolute Gasteiger partial charge is 0.348 e. The van der Waals surface area contributed by atoms with Crippen molar-refractivity contribution in [2.24, 2.45) is 0 Å². The number of nitrogens with one attached hydrogen (secondary N) is 1. The Morgan fingerprint density at radius 3 is 2.65 bits per heavy atom. The Balaban J connectivity index is 2.13. The van der Waals surface area contributed by atoms with Gasteiger partial charge in [0.15, 0.2) is 11.6 Å². The molecule has 2 aromatic rings. The predicted octanol–water partition coefficient (Wildman–Crippen LogP) is 3.80. The van der Waals surface area contributed by atoms with Crippen LogP contribution in [-0.2, 0) is 6.54 Å². The van der Waals surface area contributed by atoms with Gasteiger partial charge in [0.1, 0.15) is 5.82 Å². The minimum absolute atomic E-state index is 0.00682. The Morgan fingerprint density at radius 2 is 1.90 bits per heavy atom. The second-order valence-electron chi connectivity index (χ2n) is 4.02. The van der Waals surface area contributed by atoms with E-state index in [0.717, 1.165) is 6.07 Å². The van der Waals surface area contributed by atoms with Crippen LogP contribution in [0.2, 0.25) is 0 Å². The molecule has 0 spiro atoms. The third-order valence-electron chi connectivity index (χ3n) is 2.64. The van der Waals surface area contributed by atoms with E-state index in [-0.39, 0.29) is 6.54 Å². The summed E-state index contributed by atoms with van der Waals surface area (Å²) in [7, 11) is 0. The lowest BCUT2D eigenvalue weighted by Gasteiger charge is -2.08. The molecule has 2 rings (SSSR count). The maximum absolute atomic E-state index is 13.4. The quantitative estimate of drug-likeness (QED) is 0.902. The van der Waals surface area contributed by atoms with E-state index < -0.39 is 28.9 Å². The van der Waals surface area contributed by atoms with E-state index in [1.807, 2.05) is 0 Å². The molecule has 20 heavy (non-hydrogen) atoms. The molecule has 6 heteroatoms. The van der Waals surface area contributed by atoms with Gasteiger partial charge in [0.05, 0.1) is 5.56 Å². The van der Waals surface area contributed by atoms with Gasteiger partial charge in [-0.25, -0.2) is 13.2 Å². The zero-order valence-corrected chi connectivity index (χ0v) is 11.7. The fraction of sp³-hybridized carbons (Fsp3) is 0.0714. The van der Waals surface area contributed by atoms with Crippen LogP contribution in [0.4, 0.5) is 13.2 Å². The van der Waals surface area contributed by atoms with Crippen molar-refractivity contribution in [3.63, 3.8) is 0 Å². The molecule has 0 aromatic heterocycles. The van der Waals surface area contributed by atoms with Crippen molar-refractivity contribution in [3.8, 4) is 0 Å². The van der Waals surface area contributed by atoms with Crippen LogP contribution in [0, 0.1) is 17.5 Å². The molecule has 104 valence electrons. The van der Waals surface area contributed by atoms with Crippen LogP contribution in [0.1, 0.15) is 15.9 Å². The highest BCUT2D eigenvalue weighted by Gasteiger charge is 2.15. The lowest BCUT2D eigenvalue weighted by molar-refractivity contribution is 0.0945. The van der Waals surface area contributed by atoms with Crippen molar-refractivity contribution in [2.75, 3.05) is 0 Å². The molecule has 0 saturated heterocycles. The van der Waals surface area contributed by atoms with Gasteiger partial charge in [0, 0.05) is 11.0 Å². The lowest BCUT2D eigenvalue weighted by Crippen LogP contribution is -2.24. The highest BCUT2D eigenvalue weighted by molar-refractivity contribution is 9.10. The summed E-state index contributed by atoms with van der Waals surface area (Å²) in [6, 6.07) is 7.35. The first-order valence-corrected chi connectivity index (χ1v) is 6.44. The molecule has 0 aliphatic rings. The molecule has 1 amide bonds. The first kappa shape index (κ1) is 14.6. The number of hydrogen-bond acceptors (Lipinski definition) is 1. The van der Waals surface area contributed by atoms with Gasteiger partial charge in [-0.2, -0.15) is 0 Å².